The summed E-state index contributed by atoms with van der Waals surface area (Å²) in [5, 5.41) is 0. The average Bonchev–Trinajstić information content (AvgIpc) is 2.78. The highest BCUT2D eigenvalue weighted by atomic mass is 32.2. The molecule has 1 aliphatic heterocycles. The van der Waals surface area contributed by atoms with Crippen LogP contribution in [0.4, 0.5) is 0 Å². The van der Waals surface area contributed by atoms with E-state index in [9.17, 15) is 9.59 Å². The summed E-state index contributed by atoms with van der Waals surface area (Å²) in [5.74, 6) is -0.454. The summed E-state index contributed by atoms with van der Waals surface area (Å²) in [4.78, 5) is 25.9. The fourth-order valence-corrected chi connectivity index (χ4v) is 3.19. The molecule has 116 valence electrons. The molecule has 0 unspecified atom stereocenters. The van der Waals surface area contributed by atoms with Gasteiger partial charge in [-0.25, -0.2) is 0 Å². The van der Waals surface area contributed by atoms with Gasteiger partial charge in [0.2, 0.25) is 0 Å². The lowest BCUT2D eigenvalue weighted by Gasteiger charge is -2.13. The summed E-state index contributed by atoms with van der Waals surface area (Å²) in [6, 6.07) is 9.60. The zero-order valence-corrected chi connectivity index (χ0v) is 13.9. The minimum Gasteiger partial charge on any atom is -0.466 e. The van der Waals surface area contributed by atoms with Crippen molar-refractivity contribution >= 4 is 46.3 Å². The minimum absolute atomic E-state index is 0.151. The van der Waals surface area contributed by atoms with Gasteiger partial charge < -0.3 is 4.74 Å². The molecule has 0 radical (unpaired) electrons. The molecule has 0 atom stereocenters. The molecule has 1 saturated heterocycles. The second kappa shape index (κ2) is 8.10. The first-order valence-corrected chi connectivity index (χ1v) is 8.30. The van der Waals surface area contributed by atoms with Crippen LogP contribution in [0.5, 0.6) is 0 Å². The number of nitrogens with zero attached hydrogens (tertiary/aromatic N) is 1. The highest BCUT2D eigenvalue weighted by Crippen LogP contribution is 2.32. The van der Waals surface area contributed by atoms with E-state index in [1.807, 2.05) is 43.3 Å². The van der Waals surface area contributed by atoms with Crippen molar-refractivity contribution in [2.45, 2.75) is 19.8 Å². The summed E-state index contributed by atoms with van der Waals surface area (Å²) in [7, 11) is 0. The number of ether oxygens (including phenoxy) is 1. The van der Waals surface area contributed by atoms with Gasteiger partial charge in [0, 0.05) is 6.54 Å². The first-order valence-electron chi connectivity index (χ1n) is 7.08. The Hall–Kier alpha value is -1.66. The minimum atomic E-state index is -0.303. The maximum Gasteiger partial charge on any atom is 0.307 e. The quantitative estimate of drug-likeness (QED) is 0.454. The number of carbonyl (C=O) groups excluding carboxylic acids is 2. The standard InChI is InChI=1S/C16H17NO3S2/c1-2-10-20-14(18)8-9-17-15(19)13(22-16(17)21)11-12-6-4-3-5-7-12/h3-7,11H,2,8-10H2,1H3/b13-11-. The highest BCUT2D eigenvalue weighted by molar-refractivity contribution is 8.26. The van der Waals surface area contributed by atoms with Gasteiger partial charge >= 0.3 is 5.97 Å². The Morgan fingerprint density at radius 3 is 2.77 bits per heavy atom. The third-order valence-corrected chi connectivity index (χ3v) is 4.36. The molecule has 4 nitrogen and oxygen atoms in total. The summed E-state index contributed by atoms with van der Waals surface area (Å²) < 4.78 is 5.48. The largest absolute Gasteiger partial charge is 0.466 e. The number of hydrogen-bond donors (Lipinski definition) is 0. The smallest absolute Gasteiger partial charge is 0.307 e. The van der Waals surface area contributed by atoms with Crippen LogP contribution in [0.1, 0.15) is 25.3 Å². The summed E-state index contributed by atoms with van der Waals surface area (Å²) in [5.41, 5.74) is 0.949. The van der Waals surface area contributed by atoms with Gasteiger partial charge in [0.25, 0.3) is 5.91 Å². The molecule has 1 heterocycles. The SMILES string of the molecule is CCCOC(=O)CCN1C(=O)/C(=C/c2ccccc2)SC1=S. The Morgan fingerprint density at radius 2 is 2.09 bits per heavy atom. The molecule has 6 heteroatoms. The lowest BCUT2D eigenvalue weighted by Crippen LogP contribution is -2.30. The van der Waals surface area contributed by atoms with E-state index in [1.165, 1.54) is 16.7 Å². The maximum atomic E-state index is 12.3. The molecule has 2 rings (SSSR count). The lowest BCUT2D eigenvalue weighted by molar-refractivity contribution is -0.143. The molecule has 1 amide bonds. The van der Waals surface area contributed by atoms with E-state index in [1.54, 1.807) is 0 Å². The molecule has 0 N–H and O–H groups in total. The van der Waals surface area contributed by atoms with Crippen LogP contribution in [0.25, 0.3) is 6.08 Å². The number of amides is 1. The summed E-state index contributed by atoms with van der Waals surface area (Å²) >= 11 is 6.49. The molecule has 1 aliphatic rings. The van der Waals surface area contributed by atoms with Crippen molar-refractivity contribution in [3.8, 4) is 0 Å². The van der Waals surface area contributed by atoms with Crippen molar-refractivity contribution in [2.75, 3.05) is 13.2 Å². The van der Waals surface area contributed by atoms with E-state index in [2.05, 4.69) is 0 Å². The number of thioether (sulfide) groups is 1. The predicted octanol–water partition coefficient (Wildman–Crippen LogP) is 3.23. The second-order valence-electron chi connectivity index (χ2n) is 4.71. The molecule has 1 aromatic carbocycles. The molecule has 0 bridgehead atoms. The molecule has 0 saturated carbocycles. The first-order chi connectivity index (χ1) is 10.6. The van der Waals surface area contributed by atoms with Crippen LogP contribution in [0.2, 0.25) is 0 Å². The first kappa shape index (κ1) is 16.7. The Kier molecular flexibility index (Phi) is 6.15. The van der Waals surface area contributed by atoms with E-state index < -0.39 is 0 Å². The fourth-order valence-electron chi connectivity index (χ4n) is 1.88. The van der Waals surface area contributed by atoms with E-state index in [0.29, 0.717) is 15.8 Å². The van der Waals surface area contributed by atoms with Crippen LogP contribution in [0.15, 0.2) is 35.2 Å². The Labute approximate surface area is 139 Å². The molecule has 1 aromatic rings. The topological polar surface area (TPSA) is 46.6 Å². The van der Waals surface area contributed by atoms with Crippen molar-refractivity contribution in [3.63, 3.8) is 0 Å². The molecular formula is C16H17NO3S2. The Balaban J connectivity index is 1.97. The lowest BCUT2D eigenvalue weighted by atomic mass is 10.2. The van der Waals surface area contributed by atoms with Crippen LogP contribution < -0.4 is 0 Å². The van der Waals surface area contributed by atoms with Gasteiger partial charge in [0.15, 0.2) is 0 Å². The van der Waals surface area contributed by atoms with Crippen molar-refractivity contribution < 1.29 is 14.3 Å². The van der Waals surface area contributed by atoms with Crippen LogP contribution in [-0.4, -0.2) is 34.2 Å². The van der Waals surface area contributed by atoms with E-state index >= 15 is 0 Å². The van der Waals surface area contributed by atoms with Gasteiger partial charge in [-0.15, -0.1) is 0 Å². The third kappa shape index (κ3) is 4.42. The maximum absolute atomic E-state index is 12.3. The van der Waals surface area contributed by atoms with Gasteiger partial charge in [-0.2, -0.15) is 0 Å². The van der Waals surface area contributed by atoms with Gasteiger partial charge in [-0.3, -0.25) is 14.5 Å². The molecule has 0 aromatic heterocycles. The number of hydrogen-bond acceptors (Lipinski definition) is 5. The Morgan fingerprint density at radius 1 is 1.36 bits per heavy atom. The van der Waals surface area contributed by atoms with Crippen LogP contribution >= 0.6 is 24.0 Å². The monoisotopic (exact) mass is 335 g/mol. The Bertz CT molecular complexity index is 599. The van der Waals surface area contributed by atoms with Gasteiger partial charge in [-0.05, 0) is 18.1 Å². The average molecular weight is 335 g/mol. The number of rotatable bonds is 6. The van der Waals surface area contributed by atoms with Crippen molar-refractivity contribution in [2.24, 2.45) is 0 Å². The normalized spacial score (nSPS) is 16.4. The number of benzene rings is 1. The molecule has 0 spiro atoms. The summed E-state index contributed by atoms with van der Waals surface area (Å²) in [6.45, 7) is 2.61. The van der Waals surface area contributed by atoms with E-state index in [4.69, 9.17) is 17.0 Å². The molecular weight excluding hydrogens is 318 g/mol. The van der Waals surface area contributed by atoms with Crippen LogP contribution in [0, 0.1) is 0 Å². The number of carbonyl (C=O) groups is 2. The van der Waals surface area contributed by atoms with Crippen molar-refractivity contribution in [3.05, 3.63) is 40.8 Å². The van der Waals surface area contributed by atoms with Gasteiger partial charge in [0.1, 0.15) is 4.32 Å². The summed E-state index contributed by atoms with van der Waals surface area (Å²) in [6.07, 6.45) is 2.76. The van der Waals surface area contributed by atoms with Crippen molar-refractivity contribution in [1.29, 1.82) is 0 Å². The molecule has 1 fully saturated rings. The number of esters is 1. The molecule has 22 heavy (non-hydrogen) atoms. The van der Waals surface area contributed by atoms with Gasteiger partial charge in [-0.1, -0.05) is 61.2 Å². The van der Waals surface area contributed by atoms with Crippen LogP contribution in [-0.2, 0) is 14.3 Å². The highest BCUT2D eigenvalue weighted by Gasteiger charge is 2.32. The molecule has 0 aliphatic carbocycles. The zero-order valence-electron chi connectivity index (χ0n) is 12.3. The predicted molar refractivity (Wildman–Crippen MR) is 92.2 cm³/mol. The third-order valence-electron chi connectivity index (χ3n) is 2.98. The van der Waals surface area contributed by atoms with Crippen LogP contribution in [0.3, 0.4) is 0 Å². The van der Waals surface area contributed by atoms with E-state index in [-0.39, 0.29) is 24.8 Å². The van der Waals surface area contributed by atoms with Crippen molar-refractivity contribution in [1.82, 2.24) is 4.90 Å². The van der Waals surface area contributed by atoms with E-state index in [0.717, 1.165) is 12.0 Å². The zero-order chi connectivity index (χ0) is 15.9. The van der Waals surface area contributed by atoms with Gasteiger partial charge in [0.05, 0.1) is 17.9 Å². The number of thiocarbonyl (C=S) groups is 1. The second-order valence-corrected chi connectivity index (χ2v) is 6.39. The fraction of sp³-hybridized carbons (Fsp3) is 0.312.